The number of piperidine rings is 1. The Bertz CT molecular complexity index is 1400. The minimum absolute atomic E-state index is 0.0983. The van der Waals surface area contributed by atoms with Gasteiger partial charge in [0.2, 0.25) is 15.9 Å². The summed E-state index contributed by atoms with van der Waals surface area (Å²) in [5, 5.41) is 0. The first-order chi connectivity index (χ1) is 16.2. The second-order valence-electron chi connectivity index (χ2n) is 9.69. The maximum absolute atomic E-state index is 13.2. The van der Waals surface area contributed by atoms with Crippen molar-refractivity contribution in [3.63, 3.8) is 0 Å². The lowest BCUT2D eigenvalue weighted by atomic mass is 9.94. The zero-order chi connectivity index (χ0) is 24.0. The third-order valence-electron chi connectivity index (χ3n) is 6.89. The van der Waals surface area contributed by atoms with Crippen molar-refractivity contribution in [3.05, 3.63) is 64.1 Å². The van der Waals surface area contributed by atoms with Crippen molar-refractivity contribution in [2.45, 2.75) is 44.7 Å². The molecule has 5 rings (SSSR count). The number of nitrogens with zero attached hydrogens (tertiary/aromatic N) is 3. The standard InChI is InChI=1S/C25H29N3O5S/c1-17-11-18(2)14-27(13-17)34(31,32)21-7-8-22-23(12-21)33-25(30)28(22)16-24(29)26-10-9-19-5-3-4-6-20(19)15-26/h3-8,12,17-18H,9-11,13-16H2,1-2H3/t17-,18+. The number of carbonyl (C=O) groups excluding carboxylic acids is 1. The van der Waals surface area contributed by atoms with Crippen molar-refractivity contribution in [2.24, 2.45) is 11.8 Å². The first-order valence-corrected chi connectivity index (χ1v) is 13.1. The van der Waals surface area contributed by atoms with Crippen LogP contribution in [0, 0.1) is 11.8 Å². The maximum atomic E-state index is 13.2. The molecular weight excluding hydrogens is 454 g/mol. The summed E-state index contributed by atoms with van der Waals surface area (Å²) in [4.78, 5) is 27.4. The van der Waals surface area contributed by atoms with Gasteiger partial charge < -0.3 is 9.32 Å². The monoisotopic (exact) mass is 483 g/mol. The van der Waals surface area contributed by atoms with Crippen LogP contribution in [0.25, 0.3) is 11.1 Å². The Balaban J connectivity index is 1.39. The molecule has 34 heavy (non-hydrogen) atoms. The highest BCUT2D eigenvalue weighted by Gasteiger charge is 2.32. The molecule has 3 aromatic rings. The summed E-state index contributed by atoms with van der Waals surface area (Å²) in [6, 6.07) is 12.5. The number of benzene rings is 2. The Kier molecular flexibility index (Phi) is 5.85. The summed E-state index contributed by atoms with van der Waals surface area (Å²) in [6.07, 6.45) is 1.78. The van der Waals surface area contributed by atoms with Crippen LogP contribution < -0.4 is 5.76 Å². The molecule has 2 aliphatic rings. The van der Waals surface area contributed by atoms with E-state index in [1.807, 2.05) is 18.2 Å². The van der Waals surface area contributed by atoms with Crippen LogP contribution in [-0.4, -0.2) is 47.7 Å². The Hall–Kier alpha value is -2.91. The van der Waals surface area contributed by atoms with Crippen molar-refractivity contribution < 1.29 is 17.6 Å². The van der Waals surface area contributed by atoms with Crippen LogP contribution in [0.5, 0.6) is 0 Å². The predicted octanol–water partition coefficient (Wildman–Crippen LogP) is 2.85. The normalized spacial score (nSPS) is 21.5. The summed E-state index contributed by atoms with van der Waals surface area (Å²) in [5.74, 6) is -0.272. The van der Waals surface area contributed by atoms with E-state index in [0.29, 0.717) is 31.7 Å². The fourth-order valence-electron chi connectivity index (χ4n) is 5.25. The van der Waals surface area contributed by atoms with Crippen LogP contribution in [0.2, 0.25) is 0 Å². The molecule has 1 saturated heterocycles. The van der Waals surface area contributed by atoms with E-state index in [4.69, 9.17) is 4.42 Å². The molecule has 0 radical (unpaired) electrons. The van der Waals surface area contributed by atoms with Crippen LogP contribution in [-0.2, 0) is 34.3 Å². The average Bonchev–Trinajstić information content (AvgIpc) is 3.12. The van der Waals surface area contributed by atoms with Crippen LogP contribution in [0.3, 0.4) is 0 Å². The molecule has 180 valence electrons. The molecule has 2 atom stereocenters. The minimum Gasteiger partial charge on any atom is -0.408 e. The zero-order valence-corrected chi connectivity index (χ0v) is 20.3. The highest BCUT2D eigenvalue weighted by atomic mass is 32.2. The Morgan fingerprint density at radius 3 is 2.50 bits per heavy atom. The fraction of sp³-hybridized carbons (Fsp3) is 0.440. The van der Waals surface area contributed by atoms with Crippen LogP contribution in [0.1, 0.15) is 31.4 Å². The lowest BCUT2D eigenvalue weighted by molar-refractivity contribution is -0.132. The molecule has 3 heterocycles. The molecule has 0 spiro atoms. The highest BCUT2D eigenvalue weighted by Crippen LogP contribution is 2.28. The van der Waals surface area contributed by atoms with Gasteiger partial charge in [-0.3, -0.25) is 9.36 Å². The Morgan fingerprint density at radius 2 is 1.76 bits per heavy atom. The quantitative estimate of drug-likeness (QED) is 0.569. The van der Waals surface area contributed by atoms with Gasteiger partial charge in [-0.1, -0.05) is 38.1 Å². The molecule has 0 saturated carbocycles. The molecule has 0 N–H and O–H groups in total. The number of hydrogen-bond acceptors (Lipinski definition) is 5. The van der Waals surface area contributed by atoms with E-state index in [9.17, 15) is 18.0 Å². The summed E-state index contributed by atoms with van der Waals surface area (Å²) in [7, 11) is -3.70. The van der Waals surface area contributed by atoms with Crippen LogP contribution in [0.15, 0.2) is 56.6 Å². The van der Waals surface area contributed by atoms with E-state index in [2.05, 4.69) is 19.9 Å². The third kappa shape index (κ3) is 4.18. The van der Waals surface area contributed by atoms with Gasteiger partial charge in [0.25, 0.3) is 0 Å². The average molecular weight is 484 g/mol. The van der Waals surface area contributed by atoms with Gasteiger partial charge >= 0.3 is 5.76 Å². The van der Waals surface area contributed by atoms with Gasteiger partial charge in [0.1, 0.15) is 6.54 Å². The van der Waals surface area contributed by atoms with E-state index in [-0.39, 0.29) is 34.8 Å². The van der Waals surface area contributed by atoms with Crippen LogP contribution in [0.4, 0.5) is 0 Å². The van der Waals surface area contributed by atoms with E-state index in [1.165, 1.54) is 26.6 Å². The number of aromatic nitrogens is 1. The highest BCUT2D eigenvalue weighted by molar-refractivity contribution is 7.89. The van der Waals surface area contributed by atoms with Gasteiger partial charge in [0, 0.05) is 32.2 Å². The van der Waals surface area contributed by atoms with Gasteiger partial charge in [0.15, 0.2) is 5.58 Å². The van der Waals surface area contributed by atoms with Gasteiger partial charge in [-0.2, -0.15) is 4.31 Å². The molecule has 2 aromatic carbocycles. The largest absolute Gasteiger partial charge is 0.420 e. The number of sulfonamides is 1. The molecule has 1 fully saturated rings. The van der Waals surface area contributed by atoms with E-state index < -0.39 is 15.8 Å². The molecule has 0 bridgehead atoms. The number of hydrogen-bond donors (Lipinski definition) is 0. The SMILES string of the molecule is C[C@@H]1C[C@H](C)CN(S(=O)(=O)c2ccc3c(c2)oc(=O)n3CC(=O)N2CCc3ccccc3C2)C1. The molecule has 1 amide bonds. The molecule has 2 aliphatic heterocycles. The van der Waals surface area contributed by atoms with Crippen molar-refractivity contribution >= 4 is 27.0 Å². The van der Waals surface area contributed by atoms with Gasteiger partial charge in [-0.15, -0.1) is 0 Å². The predicted molar refractivity (Wildman–Crippen MR) is 128 cm³/mol. The minimum atomic E-state index is -3.70. The lowest BCUT2D eigenvalue weighted by Gasteiger charge is -2.34. The molecule has 0 unspecified atom stereocenters. The van der Waals surface area contributed by atoms with Gasteiger partial charge in [0.05, 0.1) is 10.4 Å². The van der Waals surface area contributed by atoms with Crippen LogP contribution >= 0.6 is 0 Å². The first-order valence-electron chi connectivity index (χ1n) is 11.7. The molecule has 8 nitrogen and oxygen atoms in total. The number of fused-ring (bicyclic) bond motifs is 2. The molecule has 1 aromatic heterocycles. The van der Waals surface area contributed by atoms with E-state index in [0.717, 1.165) is 18.4 Å². The van der Waals surface area contributed by atoms with E-state index in [1.54, 1.807) is 11.0 Å². The van der Waals surface area contributed by atoms with Crippen molar-refractivity contribution in [1.29, 1.82) is 0 Å². The van der Waals surface area contributed by atoms with Gasteiger partial charge in [-0.05, 0) is 47.9 Å². The van der Waals surface area contributed by atoms with E-state index >= 15 is 0 Å². The molecular formula is C25H29N3O5S. The summed E-state index contributed by atoms with van der Waals surface area (Å²) in [5.41, 5.74) is 2.93. The maximum Gasteiger partial charge on any atom is 0.420 e. The first kappa shape index (κ1) is 22.9. The summed E-state index contributed by atoms with van der Waals surface area (Å²) in [6.45, 7) is 6.01. The number of rotatable bonds is 4. The van der Waals surface area contributed by atoms with Crippen molar-refractivity contribution in [1.82, 2.24) is 13.8 Å². The number of carbonyl (C=O) groups is 1. The fourth-order valence-corrected chi connectivity index (χ4v) is 6.95. The molecule has 0 aliphatic carbocycles. The Labute approximate surface area is 198 Å². The second kappa shape index (κ2) is 8.70. The Morgan fingerprint density at radius 1 is 1.06 bits per heavy atom. The number of oxazole rings is 1. The van der Waals surface area contributed by atoms with Crippen molar-refractivity contribution in [3.8, 4) is 0 Å². The zero-order valence-electron chi connectivity index (χ0n) is 19.4. The summed E-state index contributed by atoms with van der Waals surface area (Å²) < 4.78 is 34.6. The van der Waals surface area contributed by atoms with Crippen molar-refractivity contribution in [2.75, 3.05) is 19.6 Å². The smallest absolute Gasteiger partial charge is 0.408 e. The van der Waals surface area contributed by atoms with Gasteiger partial charge in [-0.25, -0.2) is 13.2 Å². The third-order valence-corrected chi connectivity index (χ3v) is 8.72. The lowest BCUT2D eigenvalue weighted by Crippen LogP contribution is -2.42. The number of amides is 1. The molecule has 9 heteroatoms. The topological polar surface area (TPSA) is 92.8 Å². The summed E-state index contributed by atoms with van der Waals surface area (Å²) >= 11 is 0. The second-order valence-corrected chi connectivity index (χ2v) is 11.6.